The number of ether oxygens (including phenoxy) is 1. The van der Waals surface area contributed by atoms with Crippen LogP contribution >= 0.6 is 15.9 Å². The summed E-state index contributed by atoms with van der Waals surface area (Å²) in [6, 6.07) is 21.0. The molecule has 9 heteroatoms. The predicted molar refractivity (Wildman–Crippen MR) is 161 cm³/mol. The van der Waals surface area contributed by atoms with E-state index >= 15 is 0 Å². The van der Waals surface area contributed by atoms with Gasteiger partial charge in [-0.25, -0.2) is 0 Å². The minimum Gasteiger partial charge on any atom is -0.394 e. The molecule has 41 heavy (non-hydrogen) atoms. The zero-order valence-corrected chi connectivity index (χ0v) is 24.6. The Bertz CT molecular complexity index is 1480. The zero-order chi connectivity index (χ0) is 28.9. The number of carbonyl (C=O) groups is 3. The van der Waals surface area contributed by atoms with Gasteiger partial charge in [0.25, 0.3) is 0 Å². The molecule has 3 amide bonds. The molecule has 0 aliphatic carbocycles. The summed E-state index contributed by atoms with van der Waals surface area (Å²) in [7, 11) is 0. The first kappa shape index (κ1) is 27.9. The number of carbonyl (C=O) groups excluding carboxylic acids is 3. The van der Waals surface area contributed by atoms with Crippen LogP contribution in [0.5, 0.6) is 0 Å². The fourth-order valence-electron chi connectivity index (χ4n) is 7.06. The molecular weight excluding hydrogens is 586 g/mol. The van der Waals surface area contributed by atoms with E-state index in [0.29, 0.717) is 24.2 Å². The summed E-state index contributed by atoms with van der Waals surface area (Å²) in [5, 5.41) is 18.5. The van der Waals surface area contributed by atoms with Crippen LogP contribution in [0.4, 0.5) is 11.4 Å². The Hall–Kier alpha value is -3.27. The second-order valence-corrected chi connectivity index (χ2v) is 12.6. The van der Waals surface area contributed by atoms with Gasteiger partial charge in [-0.2, -0.15) is 0 Å². The maximum absolute atomic E-state index is 14.4. The lowest BCUT2D eigenvalue weighted by Crippen LogP contribution is -2.57. The third-order valence-electron chi connectivity index (χ3n) is 9.18. The highest BCUT2D eigenvalue weighted by atomic mass is 79.9. The molecule has 3 aromatic rings. The monoisotopic (exact) mass is 619 g/mol. The molecule has 6 rings (SSSR count). The van der Waals surface area contributed by atoms with Gasteiger partial charge in [-0.05, 0) is 47.4 Å². The van der Waals surface area contributed by atoms with E-state index in [2.05, 4.69) is 26.6 Å². The summed E-state index contributed by atoms with van der Waals surface area (Å²) < 4.78 is 6.61. The van der Waals surface area contributed by atoms with Crippen molar-refractivity contribution in [3.8, 4) is 0 Å². The molecule has 2 bridgehead atoms. The number of halogens is 1. The average molecular weight is 621 g/mol. The second kappa shape index (κ2) is 10.9. The molecule has 3 saturated heterocycles. The van der Waals surface area contributed by atoms with Gasteiger partial charge in [0.15, 0.2) is 0 Å². The molecule has 8 nitrogen and oxygen atoms in total. The van der Waals surface area contributed by atoms with Crippen molar-refractivity contribution in [2.75, 3.05) is 17.2 Å². The molecular formula is C32H34BrN3O5. The summed E-state index contributed by atoms with van der Waals surface area (Å²) in [6.07, 6.45) is 0.532. The van der Waals surface area contributed by atoms with Gasteiger partial charge in [0.1, 0.15) is 11.6 Å². The quantitative estimate of drug-likeness (QED) is 0.320. The topological polar surface area (TPSA) is 108 Å². The van der Waals surface area contributed by atoms with E-state index < -0.39 is 35.6 Å². The number of nitrogens with one attached hydrogen (secondary N) is 2. The smallest absolute Gasteiger partial charge is 0.250 e. The minimum atomic E-state index is -1.21. The number of anilines is 2. The number of aliphatic hydroxyl groups excluding tert-OH is 1. The lowest BCUT2D eigenvalue weighted by atomic mass is 9.70. The second-order valence-electron chi connectivity index (χ2n) is 11.5. The van der Waals surface area contributed by atoms with Crippen LogP contribution in [0, 0.1) is 17.8 Å². The van der Waals surface area contributed by atoms with Crippen LogP contribution in [-0.2, 0) is 19.1 Å². The van der Waals surface area contributed by atoms with Gasteiger partial charge in [0.2, 0.25) is 17.7 Å². The van der Waals surface area contributed by atoms with Crippen LogP contribution < -0.4 is 10.6 Å². The first-order chi connectivity index (χ1) is 19.8. The summed E-state index contributed by atoms with van der Waals surface area (Å²) in [5.74, 6) is -2.75. The van der Waals surface area contributed by atoms with Crippen molar-refractivity contribution in [1.82, 2.24) is 4.90 Å². The number of fused-ring (bicyclic) bond motifs is 2. The fourth-order valence-corrected chi connectivity index (χ4v) is 8.01. The van der Waals surface area contributed by atoms with E-state index in [1.807, 2.05) is 74.5 Å². The summed E-state index contributed by atoms with van der Waals surface area (Å²) in [6.45, 7) is 3.65. The lowest BCUT2D eigenvalue weighted by molar-refractivity contribution is -0.144. The first-order valence-corrected chi connectivity index (χ1v) is 15.1. The highest BCUT2D eigenvalue weighted by Gasteiger charge is 2.77. The highest BCUT2D eigenvalue weighted by molar-refractivity contribution is 9.09. The van der Waals surface area contributed by atoms with Crippen molar-refractivity contribution in [2.24, 2.45) is 17.8 Å². The molecule has 3 aliphatic heterocycles. The van der Waals surface area contributed by atoms with Gasteiger partial charge in [0.05, 0.1) is 30.6 Å². The minimum absolute atomic E-state index is 0.0799. The van der Waals surface area contributed by atoms with Gasteiger partial charge in [0, 0.05) is 16.2 Å². The molecule has 0 saturated carbocycles. The number of benzene rings is 3. The molecule has 3 fully saturated rings. The number of likely N-dealkylation sites (tertiary alicyclic amines) is 1. The number of nitrogens with zero attached hydrogens (tertiary/aromatic N) is 1. The number of alkyl halides is 1. The number of rotatable bonds is 8. The summed E-state index contributed by atoms with van der Waals surface area (Å²) in [4.78, 5) is 43.7. The summed E-state index contributed by atoms with van der Waals surface area (Å²) in [5.41, 5.74) is 0.0173. The van der Waals surface area contributed by atoms with Gasteiger partial charge >= 0.3 is 0 Å². The van der Waals surface area contributed by atoms with E-state index in [9.17, 15) is 19.5 Å². The standard InChI is InChI=1S/C32H34BrN3O5/c1-3-18(2)24(17-37)36-28(30(39)35-22-14-13-19-9-7-8-10-20(19)15-22)32-16-23(33)27(41-32)25(26(32)31(36)40)29(38)34-21-11-5-4-6-12-21/h4-15,18,23-28,37H,3,16-17H2,1-2H3,(H,34,38)(H,35,39)/t18-,23?,24-,25-,26-,27-,28?,32?/m0/s1. The Kier molecular flexibility index (Phi) is 7.38. The zero-order valence-electron chi connectivity index (χ0n) is 23.0. The van der Waals surface area contributed by atoms with Crippen molar-refractivity contribution < 1.29 is 24.2 Å². The third-order valence-corrected chi connectivity index (χ3v) is 10.0. The maximum atomic E-state index is 14.4. The van der Waals surface area contributed by atoms with Gasteiger partial charge in [-0.15, -0.1) is 0 Å². The van der Waals surface area contributed by atoms with Crippen LogP contribution in [0.2, 0.25) is 0 Å². The Morgan fingerprint density at radius 3 is 2.41 bits per heavy atom. The molecule has 214 valence electrons. The Labute approximate surface area is 247 Å². The highest BCUT2D eigenvalue weighted by Crippen LogP contribution is 2.60. The van der Waals surface area contributed by atoms with E-state index in [4.69, 9.17) is 4.74 Å². The molecule has 1 spiro atoms. The van der Waals surface area contributed by atoms with Crippen LogP contribution in [0.3, 0.4) is 0 Å². The van der Waals surface area contributed by atoms with Gasteiger partial charge in [-0.3, -0.25) is 14.4 Å². The predicted octanol–water partition coefficient (Wildman–Crippen LogP) is 4.57. The number of amides is 3. The van der Waals surface area contributed by atoms with Crippen molar-refractivity contribution in [2.45, 2.75) is 55.3 Å². The van der Waals surface area contributed by atoms with E-state index in [0.717, 1.165) is 10.8 Å². The van der Waals surface area contributed by atoms with E-state index in [1.165, 1.54) is 4.90 Å². The van der Waals surface area contributed by atoms with Crippen molar-refractivity contribution >= 4 is 55.8 Å². The largest absolute Gasteiger partial charge is 0.394 e. The number of hydrogen-bond donors (Lipinski definition) is 3. The number of para-hydroxylation sites is 1. The van der Waals surface area contributed by atoms with E-state index in [-0.39, 0.29) is 35.1 Å². The van der Waals surface area contributed by atoms with Crippen LogP contribution in [0.25, 0.3) is 10.8 Å². The first-order valence-electron chi connectivity index (χ1n) is 14.2. The van der Waals surface area contributed by atoms with Crippen LogP contribution in [0.15, 0.2) is 72.8 Å². The molecule has 3 unspecified atom stereocenters. The number of hydrogen-bond acceptors (Lipinski definition) is 5. The fraction of sp³-hybridized carbons (Fsp3) is 0.406. The van der Waals surface area contributed by atoms with Crippen LogP contribution in [-0.4, -0.2) is 63.0 Å². The summed E-state index contributed by atoms with van der Waals surface area (Å²) >= 11 is 3.71. The molecule has 0 radical (unpaired) electrons. The average Bonchev–Trinajstić information content (AvgIpc) is 3.57. The molecule has 3 heterocycles. The molecule has 3 N–H and O–H groups in total. The van der Waals surface area contributed by atoms with Crippen molar-refractivity contribution in [1.29, 1.82) is 0 Å². The van der Waals surface area contributed by atoms with E-state index in [1.54, 1.807) is 12.1 Å². The molecule has 3 aliphatic rings. The molecule has 8 atom stereocenters. The third kappa shape index (κ3) is 4.54. The van der Waals surface area contributed by atoms with Crippen molar-refractivity contribution in [3.05, 3.63) is 72.8 Å². The van der Waals surface area contributed by atoms with Crippen LogP contribution in [0.1, 0.15) is 26.7 Å². The Morgan fingerprint density at radius 2 is 1.71 bits per heavy atom. The Morgan fingerprint density at radius 1 is 1.02 bits per heavy atom. The lowest BCUT2D eigenvalue weighted by Gasteiger charge is -2.38. The Balaban J connectivity index is 1.39. The SMILES string of the molecule is CC[C@H](C)[C@H](CO)N1C(=O)[C@@H]2[C@H](C(=O)Nc3ccccc3)[C@H]3OC2(CC3Br)C1C(=O)Nc1ccc2ccccc2c1. The van der Waals surface area contributed by atoms with Gasteiger partial charge in [-0.1, -0.05) is 84.7 Å². The van der Waals surface area contributed by atoms with Gasteiger partial charge < -0.3 is 25.4 Å². The maximum Gasteiger partial charge on any atom is 0.250 e. The number of aliphatic hydroxyl groups is 1. The van der Waals surface area contributed by atoms with Crippen molar-refractivity contribution in [3.63, 3.8) is 0 Å². The normalized spacial score (nSPS) is 29.8. The molecule has 3 aromatic carbocycles. The molecule has 0 aromatic heterocycles.